The molecule has 1 N–H and O–H groups in total. The Bertz CT molecular complexity index is 321. The van der Waals surface area contributed by atoms with Crippen molar-refractivity contribution in [2.75, 3.05) is 26.8 Å². The highest BCUT2D eigenvalue weighted by Crippen LogP contribution is 2.32. The minimum atomic E-state index is -4.17. The first-order valence-electron chi connectivity index (χ1n) is 6.54. The zero-order chi connectivity index (χ0) is 14.0. The summed E-state index contributed by atoms with van der Waals surface area (Å²) in [6, 6.07) is -0.446. The van der Waals surface area contributed by atoms with Gasteiger partial charge in [-0.25, -0.2) is 0 Å². The van der Waals surface area contributed by atoms with Gasteiger partial charge in [0.2, 0.25) is 5.91 Å². The van der Waals surface area contributed by atoms with Gasteiger partial charge in [-0.3, -0.25) is 4.79 Å². The van der Waals surface area contributed by atoms with E-state index < -0.39 is 18.1 Å². The number of halogens is 3. The van der Waals surface area contributed by atoms with Gasteiger partial charge in [0, 0.05) is 20.2 Å². The molecule has 0 aromatic carbocycles. The Morgan fingerprint density at radius 1 is 1.32 bits per heavy atom. The maximum atomic E-state index is 12.5. The van der Waals surface area contributed by atoms with Gasteiger partial charge in [0.05, 0.1) is 24.6 Å². The van der Waals surface area contributed by atoms with Crippen LogP contribution in [0.5, 0.6) is 0 Å². The monoisotopic (exact) mass is 280 g/mol. The predicted octanol–water partition coefficient (Wildman–Crippen LogP) is 1.16. The lowest BCUT2D eigenvalue weighted by atomic mass is 9.93. The Morgan fingerprint density at radius 3 is 2.53 bits per heavy atom. The molecular formula is C12H19F3N2O2. The maximum Gasteiger partial charge on any atom is 0.393 e. The van der Waals surface area contributed by atoms with E-state index in [1.165, 1.54) is 0 Å². The fraction of sp³-hybridized carbons (Fsp3) is 0.917. The van der Waals surface area contributed by atoms with E-state index in [0.29, 0.717) is 13.2 Å². The number of nitrogens with one attached hydrogen (secondary N) is 1. The molecule has 1 amide bonds. The molecule has 110 valence electrons. The van der Waals surface area contributed by atoms with E-state index in [2.05, 4.69) is 5.32 Å². The average Bonchev–Trinajstić information content (AvgIpc) is 2.90. The Hall–Kier alpha value is -0.820. The largest absolute Gasteiger partial charge is 0.393 e. The Kier molecular flexibility index (Phi) is 4.35. The van der Waals surface area contributed by atoms with Crippen molar-refractivity contribution in [1.29, 1.82) is 0 Å². The fourth-order valence-corrected chi connectivity index (χ4v) is 2.60. The number of hydrogen-bond acceptors (Lipinski definition) is 3. The van der Waals surface area contributed by atoms with E-state index in [1.807, 2.05) is 0 Å². The van der Waals surface area contributed by atoms with Gasteiger partial charge in [0.15, 0.2) is 0 Å². The van der Waals surface area contributed by atoms with Crippen molar-refractivity contribution in [2.45, 2.75) is 37.5 Å². The molecule has 2 rings (SSSR count). The Balaban J connectivity index is 1.85. The molecule has 2 fully saturated rings. The summed E-state index contributed by atoms with van der Waals surface area (Å²) in [7, 11) is 1.69. The first-order valence-corrected chi connectivity index (χ1v) is 6.54. The minimum absolute atomic E-state index is 0.0158. The predicted molar refractivity (Wildman–Crippen MR) is 62.6 cm³/mol. The molecule has 0 saturated carbocycles. The van der Waals surface area contributed by atoms with Crippen LogP contribution < -0.4 is 5.32 Å². The van der Waals surface area contributed by atoms with E-state index in [1.54, 1.807) is 11.9 Å². The van der Waals surface area contributed by atoms with Crippen LogP contribution in [0.1, 0.15) is 19.3 Å². The lowest BCUT2D eigenvalue weighted by Gasteiger charge is -2.34. The van der Waals surface area contributed by atoms with Gasteiger partial charge < -0.3 is 15.0 Å². The second-order valence-electron chi connectivity index (χ2n) is 5.24. The highest BCUT2D eigenvalue weighted by molar-refractivity contribution is 5.82. The van der Waals surface area contributed by atoms with Crippen LogP contribution in [0.15, 0.2) is 0 Å². The van der Waals surface area contributed by atoms with Crippen molar-refractivity contribution < 1.29 is 22.7 Å². The third-order valence-electron chi connectivity index (χ3n) is 3.98. The third-order valence-corrected chi connectivity index (χ3v) is 3.98. The topological polar surface area (TPSA) is 41.6 Å². The minimum Gasteiger partial charge on any atom is -0.379 e. The van der Waals surface area contributed by atoms with Crippen molar-refractivity contribution in [1.82, 2.24) is 10.2 Å². The second-order valence-corrected chi connectivity index (χ2v) is 5.24. The number of likely N-dealkylation sites (N-methyl/N-ethyl adjacent to an activating group) is 1. The zero-order valence-corrected chi connectivity index (χ0v) is 10.9. The molecule has 4 nitrogen and oxygen atoms in total. The number of alkyl halides is 3. The molecule has 7 heteroatoms. The van der Waals surface area contributed by atoms with Crippen LogP contribution in [-0.4, -0.2) is 55.9 Å². The summed E-state index contributed by atoms with van der Waals surface area (Å²) in [5.74, 6) is -1.47. The van der Waals surface area contributed by atoms with Crippen molar-refractivity contribution in [2.24, 2.45) is 5.92 Å². The summed E-state index contributed by atoms with van der Waals surface area (Å²) in [4.78, 5) is 13.8. The molecule has 3 unspecified atom stereocenters. The molecule has 0 spiro atoms. The summed E-state index contributed by atoms with van der Waals surface area (Å²) in [5, 5.41) is 2.73. The number of nitrogens with zero attached hydrogens (tertiary/aromatic N) is 1. The molecule has 2 aliphatic heterocycles. The normalized spacial score (nSPS) is 32.3. The molecule has 2 saturated heterocycles. The number of piperidine rings is 1. The van der Waals surface area contributed by atoms with E-state index in [0.717, 1.165) is 6.42 Å². The molecule has 19 heavy (non-hydrogen) atoms. The molecule has 2 aliphatic rings. The number of rotatable bonds is 2. The van der Waals surface area contributed by atoms with Crippen molar-refractivity contribution in [3.63, 3.8) is 0 Å². The van der Waals surface area contributed by atoms with Gasteiger partial charge in [0.1, 0.15) is 0 Å². The molecule has 0 bridgehead atoms. The van der Waals surface area contributed by atoms with Crippen LogP contribution in [0.25, 0.3) is 0 Å². The van der Waals surface area contributed by atoms with Crippen molar-refractivity contribution in [3.8, 4) is 0 Å². The van der Waals surface area contributed by atoms with Gasteiger partial charge in [-0.05, 0) is 19.3 Å². The smallest absolute Gasteiger partial charge is 0.379 e. The molecule has 0 aliphatic carbocycles. The van der Waals surface area contributed by atoms with E-state index >= 15 is 0 Å². The SMILES string of the molecule is CN(C(=O)C1CCC(C(F)(F)F)CN1)C1CCOC1. The molecule has 2 heterocycles. The van der Waals surface area contributed by atoms with Crippen LogP contribution in [0.2, 0.25) is 0 Å². The Morgan fingerprint density at radius 2 is 2.05 bits per heavy atom. The summed E-state index contributed by atoms with van der Waals surface area (Å²) in [6.07, 6.45) is -3.13. The van der Waals surface area contributed by atoms with Gasteiger partial charge in [-0.2, -0.15) is 13.2 Å². The van der Waals surface area contributed by atoms with Crippen LogP contribution in [0.4, 0.5) is 13.2 Å². The van der Waals surface area contributed by atoms with Crippen molar-refractivity contribution in [3.05, 3.63) is 0 Å². The standard InChI is InChI=1S/C12H19F3N2O2/c1-17(9-4-5-19-7-9)11(18)10-3-2-8(6-16-10)12(13,14)15/h8-10,16H,2-7H2,1H3. The average molecular weight is 280 g/mol. The molecule has 0 aromatic heterocycles. The van der Waals surface area contributed by atoms with Crippen LogP contribution >= 0.6 is 0 Å². The number of hydrogen-bond donors (Lipinski definition) is 1. The van der Waals surface area contributed by atoms with Crippen LogP contribution in [0, 0.1) is 5.92 Å². The quantitative estimate of drug-likeness (QED) is 0.825. The van der Waals surface area contributed by atoms with Crippen molar-refractivity contribution >= 4 is 5.91 Å². The first kappa shape index (κ1) is 14.6. The summed E-state index contributed by atoms with van der Waals surface area (Å²) < 4.78 is 42.8. The molecule has 3 atom stereocenters. The number of carbonyl (C=O) groups excluding carboxylic acids is 1. The Labute approximate surface area is 110 Å². The number of ether oxygens (including phenoxy) is 1. The summed E-state index contributed by atoms with van der Waals surface area (Å²) in [5.41, 5.74) is 0. The van der Waals surface area contributed by atoms with E-state index in [4.69, 9.17) is 4.74 Å². The number of carbonyl (C=O) groups is 1. The molecule has 0 aromatic rings. The maximum absolute atomic E-state index is 12.5. The highest BCUT2D eigenvalue weighted by atomic mass is 19.4. The number of amides is 1. The van der Waals surface area contributed by atoms with Crippen LogP contribution in [-0.2, 0) is 9.53 Å². The third kappa shape index (κ3) is 3.39. The highest BCUT2D eigenvalue weighted by Gasteiger charge is 2.43. The first-order chi connectivity index (χ1) is 8.89. The lowest BCUT2D eigenvalue weighted by molar-refractivity contribution is -0.180. The fourth-order valence-electron chi connectivity index (χ4n) is 2.60. The summed E-state index contributed by atoms with van der Waals surface area (Å²) in [6.45, 7) is 0.978. The zero-order valence-electron chi connectivity index (χ0n) is 10.9. The summed E-state index contributed by atoms with van der Waals surface area (Å²) >= 11 is 0. The lowest BCUT2D eigenvalue weighted by Crippen LogP contribution is -2.53. The van der Waals surface area contributed by atoms with Crippen LogP contribution in [0.3, 0.4) is 0 Å². The van der Waals surface area contributed by atoms with Gasteiger partial charge >= 0.3 is 6.18 Å². The van der Waals surface area contributed by atoms with Gasteiger partial charge in [0.25, 0.3) is 0 Å². The van der Waals surface area contributed by atoms with Gasteiger partial charge in [-0.15, -0.1) is 0 Å². The molecular weight excluding hydrogens is 261 g/mol. The van der Waals surface area contributed by atoms with E-state index in [-0.39, 0.29) is 31.3 Å². The second kappa shape index (κ2) is 5.66. The van der Waals surface area contributed by atoms with E-state index in [9.17, 15) is 18.0 Å². The molecule has 0 radical (unpaired) electrons. The van der Waals surface area contributed by atoms with Gasteiger partial charge in [-0.1, -0.05) is 0 Å².